The second-order valence-electron chi connectivity index (χ2n) is 8.95. The average Bonchev–Trinajstić information content (AvgIpc) is 3.27. The molecule has 1 aliphatic carbocycles. The van der Waals surface area contributed by atoms with Crippen LogP contribution < -0.4 is 14.9 Å². The molecule has 10 heteroatoms. The van der Waals surface area contributed by atoms with Gasteiger partial charge in [0.25, 0.3) is 0 Å². The quantitative estimate of drug-likeness (QED) is 0.510. The topological polar surface area (TPSA) is 112 Å². The number of ether oxygens (including phenoxy) is 2. The highest BCUT2D eigenvalue weighted by Gasteiger charge is 2.34. The molecule has 0 radical (unpaired) electrons. The Morgan fingerprint density at radius 3 is 2.24 bits per heavy atom. The summed E-state index contributed by atoms with van der Waals surface area (Å²) < 4.78 is 22.9. The third-order valence-corrected chi connectivity index (χ3v) is 6.21. The Bertz CT molecular complexity index is 1310. The molecule has 1 saturated heterocycles. The number of carbonyl (C=O) groups excluding carboxylic acids is 2. The van der Waals surface area contributed by atoms with Crippen LogP contribution in [0.5, 0.6) is 17.2 Å². The molecule has 188 valence electrons. The molecule has 1 aliphatic heterocycles. The van der Waals surface area contributed by atoms with Gasteiger partial charge >= 0.3 is 25.0 Å². The maximum atomic E-state index is 12.0. The van der Waals surface area contributed by atoms with Gasteiger partial charge in [-0.05, 0) is 67.9 Å². The largest absolute Gasteiger partial charge is 0.636 e. The molecule has 0 aromatic heterocycles. The molecular weight excluding hydrogens is 477 g/mol. The van der Waals surface area contributed by atoms with E-state index in [-0.39, 0.29) is 24.8 Å². The van der Waals surface area contributed by atoms with Gasteiger partial charge in [-0.1, -0.05) is 24.3 Å². The highest BCUT2D eigenvalue weighted by molar-refractivity contribution is 6.64. The normalized spacial score (nSPS) is 17.8. The van der Waals surface area contributed by atoms with Crippen LogP contribution in [0.15, 0.2) is 66.7 Å². The number of carboxylic acids is 1. The van der Waals surface area contributed by atoms with E-state index in [1.807, 2.05) is 18.2 Å². The zero-order valence-electron chi connectivity index (χ0n) is 20.1. The van der Waals surface area contributed by atoms with Gasteiger partial charge in [0.15, 0.2) is 0 Å². The van der Waals surface area contributed by atoms with Gasteiger partial charge in [0.05, 0.1) is 18.7 Å². The van der Waals surface area contributed by atoms with E-state index in [4.69, 9.17) is 23.9 Å². The van der Waals surface area contributed by atoms with Crippen molar-refractivity contribution in [1.82, 2.24) is 4.90 Å². The number of nitrogens with zero attached hydrogens (tertiary/aromatic N) is 1. The van der Waals surface area contributed by atoms with Gasteiger partial charge in [-0.25, -0.2) is 4.79 Å². The van der Waals surface area contributed by atoms with Gasteiger partial charge in [-0.2, -0.15) is 0 Å². The van der Waals surface area contributed by atoms with Crippen molar-refractivity contribution in [3.05, 3.63) is 83.4 Å². The maximum absolute atomic E-state index is 12.0. The molecule has 37 heavy (non-hydrogen) atoms. The lowest BCUT2D eigenvalue weighted by atomic mass is 9.78. The van der Waals surface area contributed by atoms with Gasteiger partial charge < -0.3 is 23.9 Å². The highest BCUT2D eigenvalue weighted by atomic mass is 16.6. The molecule has 0 saturated carbocycles. The molecule has 1 heterocycles. The molecule has 0 amide bonds. The summed E-state index contributed by atoms with van der Waals surface area (Å²) in [4.78, 5) is 36.7. The maximum Gasteiger partial charge on any atom is 0.636 e. The van der Waals surface area contributed by atoms with E-state index in [0.717, 1.165) is 24.0 Å². The Morgan fingerprint density at radius 2 is 1.59 bits per heavy atom. The molecular formula is C27H24BNO8. The van der Waals surface area contributed by atoms with E-state index in [1.54, 1.807) is 43.4 Å². The van der Waals surface area contributed by atoms with Crippen molar-refractivity contribution in [3.8, 4) is 17.2 Å². The Hall–Kier alpha value is -4.31. The van der Waals surface area contributed by atoms with Crippen LogP contribution in [0.2, 0.25) is 0 Å². The van der Waals surface area contributed by atoms with Gasteiger partial charge in [0.1, 0.15) is 23.4 Å². The molecule has 0 bridgehead atoms. The standard InChI is InChI=1S/C27H24BNO8/c1-29-15-25(30)36-28(37-26(31)16-29)18-7-11-20(12-8-18)35-24-14-13-22-21(24)3-2-4-23(22)34-19-9-5-17(6-10-19)27(32)33/h2-12,24H,13-16H2,1H3,(H,32,33)/t24-/m1/s1. The molecule has 2 aliphatic rings. The second-order valence-corrected chi connectivity index (χ2v) is 8.95. The lowest BCUT2D eigenvalue weighted by Crippen LogP contribution is -2.47. The van der Waals surface area contributed by atoms with Crippen LogP contribution in [-0.4, -0.2) is 55.2 Å². The van der Waals surface area contributed by atoms with Crippen LogP contribution in [0.1, 0.15) is 34.0 Å². The summed E-state index contributed by atoms with van der Waals surface area (Å²) in [5, 5.41) is 9.08. The summed E-state index contributed by atoms with van der Waals surface area (Å²) >= 11 is 0. The summed E-state index contributed by atoms with van der Waals surface area (Å²) in [5.41, 5.74) is 2.80. The number of carboxylic acid groups (broad SMARTS) is 1. The zero-order valence-corrected chi connectivity index (χ0v) is 20.1. The molecule has 5 rings (SSSR count). The minimum Gasteiger partial charge on any atom is -0.494 e. The first-order valence-electron chi connectivity index (χ1n) is 11.8. The van der Waals surface area contributed by atoms with Crippen molar-refractivity contribution in [2.45, 2.75) is 18.9 Å². The fourth-order valence-corrected chi connectivity index (χ4v) is 4.43. The van der Waals surface area contributed by atoms with Crippen LogP contribution >= 0.6 is 0 Å². The minimum absolute atomic E-state index is 0.00717. The minimum atomic E-state index is -1.10. The lowest BCUT2D eigenvalue weighted by Gasteiger charge is -2.22. The average molecular weight is 501 g/mol. The van der Waals surface area contributed by atoms with Crippen molar-refractivity contribution in [3.63, 3.8) is 0 Å². The number of carbonyl (C=O) groups is 3. The summed E-state index contributed by atoms with van der Waals surface area (Å²) in [6, 6.07) is 19.0. The van der Waals surface area contributed by atoms with Crippen LogP contribution in [0.25, 0.3) is 0 Å². The molecule has 1 N–H and O–H groups in total. The van der Waals surface area contributed by atoms with Crippen molar-refractivity contribution in [2.75, 3.05) is 20.1 Å². The monoisotopic (exact) mass is 501 g/mol. The third kappa shape index (κ3) is 5.59. The molecule has 1 atom stereocenters. The Labute approximate surface area is 213 Å². The smallest absolute Gasteiger partial charge is 0.494 e. The first-order chi connectivity index (χ1) is 17.9. The van der Waals surface area contributed by atoms with E-state index in [0.29, 0.717) is 22.7 Å². The summed E-state index contributed by atoms with van der Waals surface area (Å²) in [7, 11) is 0.545. The molecule has 1 fully saturated rings. The van der Waals surface area contributed by atoms with E-state index in [2.05, 4.69) is 0 Å². The van der Waals surface area contributed by atoms with Crippen LogP contribution in [0.3, 0.4) is 0 Å². The highest BCUT2D eigenvalue weighted by Crippen LogP contribution is 2.40. The first-order valence-corrected chi connectivity index (χ1v) is 11.8. The number of fused-ring (bicyclic) bond motifs is 1. The molecule has 9 nitrogen and oxygen atoms in total. The van der Waals surface area contributed by atoms with Gasteiger partial charge in [-0.15, -0.1) is 0 Å². The van der Waals surface area contributed by atoms with Gasteiger partial charge in [0.2, 0.25) is 0 Å². The van der Waals surface area contributed by atoms with E-state index in [1.165, 1.54) is 17.0 Å². The summed E-state index contributed by atoms with van der Waals surface area (Å²) in [5.74, 6) is -0.0428. The van der Waals surface area contributed by atoms with Crippen LogP contribution in [0.4, 0.5) is 0 Å². The Kier molecular flexibility index (Phi) is 6.83. The first kappa shape index (κ1) is 24.4. The fourth-order valence-electron chi connectivity index (χ4n) is 4.43. The molecule has 3 aromatic carbocycles. The number of hydrogen-bond donors (Lipinski definition) is 1. The second kappa shape index (κ2) is 10.4. The Balaban J connectivity index is 1.27. The van der Waals surface area contributed by atoms with Crippen molar-refractivity contribution < 1.29 is 38.3 Å². The van der Waals surface area contributed by atoms with E-state index in [9.17, 15) is 14.4 Å². The van der Waals surface area contributed by atoms with E-state index < -0.39 is 25.0 Å². The van der Waals surface area contributed by atoms with Crippen LogP contribution in [0, 0.1) is 0 Å². The number of aromatic carboxylic acids is 1. The van der Waals surface area contributed by atoms with Gasteiger partial charge in [-0.3, -0.25) is 14.5 Å². The number of benzene rings is 3. The van der Waals surface area contributed by atoms with Crippen molar-refractivity contribution in [2.24, 2.45) is 0 Å². The number of likely N-dealkylation sites (N-methyl/N-ethyl adjacent to an activating group) is 1. The summed E-state index contributed by atoms with van der Waals surface area (Å²) in [6.07, 6.45) is 1.36. The zero-order chi connectivity index (χ0) is 25.9. The molecule has 0 spiro atoms. The third-order valence-electron chi connectivity index (χ3n) is 6.21. The van der Waals surface area contributed by atoms with E-state index >= 15 is 0 Å². The SMILES string of the molecule is CN1CC(=O)OB(c2ccc(O[C@@H]3CCc4c(Oc5ccc(C(=O)O)cc5)cccc43)cc2)OC(=O)C1. The van der Waals surface area contributed by atoms with Crippen LogP contribution in [-0.2, 0) is 25.3 Å². The fraction of sp³-hybridized carbons (Fsp3) is 0.222. The molecule has 3 aromatic rings. The number of hydrogen-bond acceptors (Lipinski definition) is 8. The predicted molar refractivity (Wildman–Crippen MR) is 133 cm³/mol. The predicted octanol–water partition coefficient (Wildman–Crippen LogP) is 2.97. The lowest BCUT2D eigenvalue weighted by molar-refractivity contribution is -0.145. The summed E-state index contributed by atoms with van der Waals surface area (Å²) in [6.45, 7) is 0.0143. The molecule has 0 unspecified atom stereocenters. The van der Waals surface area contributed by atoms with Crippen molar-refractivity contribution in [1.29, 1.82) is 0 Å². The Morgan fingerprint density at radius 1 is 0.946 bits per heavy atom. The van der Waals surface area contributed by atoms with Gasteiger partial charge in [0, 0.05) is 11.0 Å². The van der Waals surface area contributed by atoms with Crippen molar-refractivity contribution >= 4 is 30.5 Å². The number of rotatable bonds is 6.